The van der Waals surface area contributed by atoms with Crippen LogP contribution in [-0.4, -0.2) is 72.3 Å². The summed E-state index contributed by atoms with van der Waals surface area (Å²) >= 11 is 6.40. The van der Waals surface area contributed by atoms with Crippen molar-refractivity contribution in [2.45, 2.75) is 83.2 Å². The highest BCUT2D eigenvalue weighted by atomic mass is 35.5. The predicted octanol–water partition coefficient (Wildman–Crippen LogP) is 8.23. The molecule has 0 bridgehead atoms. The second-order valence-electron chi connectivity index (χ2n) is 14.8. The number of amides is 2. The molecule has 2 aliphatic carbocycles. The lowest BCUT2D eigenvalue weighted by Gasteiger charge is -2.32. The molecular formula is C36H37ClF7N9O3. The number of alkyl carbamates (subject to hydrolysis) is 1. The fourth-order valence-corrected chi connectivity index (χ4v) is 6.09. The molecule has 2 aromatic heterocycles. The van der Waals surface area contributed by atoms with E-state index in [-0.39, 0.29) is 50.0 Å². The molecule has 0 radical (unpaired) electrons. The Kier molecular flexibility index (Phi) is 11.1. The van der Waals surface area contributed by atoms with E-state index < -0.39 is 84.7 Å². The number of alkyl halides is 5. The maximum Gasteiger partial charge on any atom is 0.411 e. The van der Waals surface area contributed by atoms with Gasteiger partial charge in [-0.15, -0.1) is 0 Å². The third-order valence-corrected chi connectivity index (χ3v) is 9.77. The number of hydrogen-bond donors (Lipinski definition) is 2. The zero-order valence-corrected chi connectivity index (χ0v) is 31.0. The minimum atomic E-state index is -4.80. The molecule has 2 amide bonds. The molecule has 2 saturated carbocycles. The minimum Gasteiger partial charge on any atom is -0.447 e. The first-order chi connectivity index (χ1) is 26.3. The van der Waals surface area contributed by atoms with E-state index in [0.717, 1.165) is 25.2 Å². The molecule has 0 aliphatic heterocycles. The first-order valence-corrected chi connectivity index (χ1v) is 17.8. The van der Waals surface area contributed by atoms with Gasteiger partial charge in [-0.3, -0.25) is 19.4 Å². The van der Waals surface area contributed by atoms with Gasteiger partial charge in [0.1, 0.15) is 18.5 Å². The van der Waals surface area contributed by atoms with E-state index in [9.17, 15) is 31.5 Å². The lowest BCUT2D eigenvalue weighted by Crippen LogP contribution is -2.49. The summed E-state index contributed by atoms with van der Waals surface area (Å²) in [5, 5.41) is 9.42. The number of aromatic nitrogens is 5. The van der Waals surface area contributed by atoms with Crippen LogP contribution in [0, 0.1) is 17.0 Å². The zero-order valence-electron chi connectivity index (χ0n) is 30.3. The van der Waals surface area contributed by atoms with Crippen molar-refractivity contribution in [2.75, 3.05) is 13.2 Å². The highest BCUT2D eigenvalue weighted by molar-refractivity contribution is 6.33. The Bertz CT molecular complexity index is 2140. The van der Waals surface area contributed by atoms with Crippen molar-refractivity contribution < 1.29 is 45.1 Å². The maximum atomic E-state index is 16.1. The Morgan fingerprint density at radius 1 is 1.09 bits per heavy atom. The highest BCUT2D eigenvalue weighted by Crippen LogP contribution is 2.49. The van der Waals surface area contributed by atoms with E-state index in [1.165, 1.54) is 30.5 Å². The van der Waals surface area contributed by atoms with Crippen molar-refractivity contribution in [2.24, 2.45) is 16.1 Å². The number of nitrogens with one attached hydrogen (secondary N) is 1. The molecule has 2 heterocycles. The lowest BCUT2D eigenvalue weighted by molar-refractivity contribution is -0.164. The average molecular weight is 812 g/mol. The SMILES string of the molecule is CC(C)(C)CCN=C(N)N(C(=O)c1ccc(-c2cnn(C3CC3)c2)c(F)c1F)[C@H](COC(=O)NC1(C(F)(F)F)CC1)c1ccc(Cl)c(-c2ncnn2C(F)F)c1. The number of carbonyl (C=O) groups excluding carboxylic acids is 2. The smallest absolute Gasteiger partial charge is 0.411 e. The molecule has 2 aromatic carbocycles. The number of ether oxygens (including phenoxy) is 1. The highest BCUT2D eigenvalue weighted by Gasteiger charge is 2.64. The topological polar surface area (TPSA) is 146 Å². The summed E-state index contributed by atoms with van der Waals surface area (Å²) in [6, 6.07) is 4.41. The molecule has 2 fully saturated rings. The summed E-state index contributed by atoms with van der Waals surface area (Å²) in [5.74, 6) is -5.22. The second kappa shape index (κ2) is 15.4. The van der Waals surface area contributed by atoms with Crippen LogP contribution in [0.15, 0.2) is 54.0 Å². The normalized spacial score (nSPS) is 16.2. The quantitative estimate of drug-likeness (QED) is 0.0833. The minimum absolute atomic E-state index is 0.0193. The molecule has 2 aliphatic rings. The van der Waals surface area contributed by atoms with Gasteiger partial charge in [-0.25, -0.2) is 18.6 Å². The Morgan fingerprint density at radius 2 is 1.80 bits per heavy atom. The van der Waals surface area contributed by atoms with Crippen LogP contribution in [-0.2, 0) is 4.74 Å². The molecule has 0 unspecified atom stereocenters. The third kappa shape index (κ3) is 8.61. The standard InChI is InChI=1S/C36H37ClF7N9O3/c1-34(2,3)12-13-46-32(45)52(30(54)23-8-7-22(27(38)28(23)39)20-15-48-51(16-20)21-5-6-21)26(17-56-33(55)50-35(10-11-35)36(42,43)44)19-4-9-25(37)24(14-19)29-47-18-49-53(29)31(40)41/h4,7-9,14-16,18,21,26,31H,5-6,10-13,17H2,1-3H3,(H2,45,46)(H,50,55)/t26-/m1/s1. The molecule has 56 heavy (non-hydrogen) atoms. The summed E-state index contributed by atoms with van der Waals surface area (Å²) in [5.41, 5.74) is 2.68. The van der Waals surface area contributed by atoms with E-state index in [1.807, 2.05) is 26.1 Å². The number of nitrogens with two attached hydrogens (primary N) is 1. The first kappa shape index (κ1) is 40.5. The summed E-state index contributed by atoms with van der Waals surface area (Å²) in [6.07, 6.45) is -1.15. The number of nitrogens with zero attached hydrogens (tertiary/aromatic N) is 7. The van der Waals surface area contributed by atoms with E-state index in [2.05, 4.69) is 20.2 Å². The van der Waals surface area contributed by atoms with Crippen LogP contribution in [0.25, 0.3) is 22.5 Å². The van der Waals surface area contributed by atoms with E-state index in [0.29, 0.717) is 11.3 Å². The van der Waals surface area contributed by atoms with Crippen LogP contribution in [0.1, 0.15) is 87.4 Å². The number of carbonyl (C=O) groups is 2. The van der Waals surface area contributed by atoms with Gasteiger partial charge < -0.3 is 15.8 Å². The van der Waals surface area contributed by atoms with Gasteiger partial charge in [-0.2, -0.15) is 36.8 Å². The molecule has 0 spiro atoms. The van der Waals surface area contributed by atoms with E-state index in [1.54, 1.807) is 10.9 Å². The number of hydrogen-bond acceptors (Lipinski definition) is 7. The Labute approximate surface area is 320 Å². The molecule has 300 valence electrons. The summed E-state index contributed by atoms with van der Waals surface area (Å²) < 4.78 is 108. The van der Waals surface area contributed by atoms with Gasteiger partial charge in [0.15, 0.2) is 23.4 Å². The molecule has 12 nitrogen and oxygen atoms in total. The average Bonchev–Trinajstić information content (AvgIpc) is 4.02. The van der Waals surface area contributed by atoms with E-state index in [4.69, 9.17) is 22.1 Å². The molecule has 0 saturated heterocycles. The maximum absolute atomic E-state index is 16.1. The van der Waals surface area contributed by atoms with Crippen molar-refractivity contribution in [3.8, 4) is 22.5 Å². The Morgan fingerprint density at radius 3 is 2.43 bits per heavy atom. The molecular weight excluding hydrogens is 775 g/mol. The third-order valence-electron chi connectivity index (χ3n) is 9.44. The van der Waals surface area contributed by atoms with Crippen molar-refractivity contribution in [1.29, 1.82) is 0 Å². The number of benzene rings is 2. The van der Waals surface area contributed by atoms with Crippen LogP contribution >= 0.6 is 11.6 Å². The van der Waals surface area contributed by atoms with Gasteiger partial charge in [-0.1, -0.05) is 44.5 Å². The van der Waals surface area contributed by atoms with Gasteiger partial charge >= 0.3 is 18.8 Å². The van der Waals surface area contributed by atoms with Crippen LogP contribution in [0.4, 0.5) is 35.5 Å². The predicted molar refractivity (Wildman–Crippen MR) is 190 cm³/mol. The number of aliphatic imine (C=N–C) groups is 1. The Hall–Kier alpha value is -5.20. The van der Waals surface area contributed by atoms with Gasteiger partial charge in [-0.05, 0) is 61.3 Å². The van der Waals surface area contributed by atoms with Crippen molar-refractivity contribution in [3.05, 3.63) is 76.8 Å². The lowest BCUT2D eigenvalue weighted by atomic mass is 9.92. The second-order valence-corrected chi connectivity index (χ2v) is 15.2. The van der Waals surface area contributed by atoms with Gasteiger partial charge in [0.05, 0.1) is 28.9 Å². The van der Waals surface area contributed by atoms with Crippen LogP contribution < -0.4 is 11.1 Å². The van der Waals surface area contributed by atoms with Crippen molar-refractivity contribution >= 4 is 29.6 Å². The number of halogens is 8. The number of rotatable bonds is 12. The van der Waals surface area contributed by atoms with Gasteiger partial charge in [0.2, 0.25) is 0 Å². The van der Waals surface area contributed by atoms with Gasteiger partial charge in [0.25, 0.3) is 5.91 Å². The van der Waals surface area contributed by atoms with E-state index >= 15 is 8.78 Å². The Balaban J connectivity index is 1.44. The van der Waals surface area contributed by atoms with Gasteiger partial charge in [0, 0.05) is 29.4 Å². The summed E-state index contributed by atoms with van der Waals surface area (Å²) in [6.45, 7) is 1.65. The van der Waals surface area contributed by atoms with Crippen LogP contribution in [0.3, 0.4) is 0 Å². The summed E-state index contributed by atoms with van der Waals surface area (Å²) in [4.78, 5) is 36.3. The monoisotopic (exact) mass is 811 g/mol. The molecule has 1 atom stereocenters. The number of guanidine groups is 1. The first-order valence-electron chi connectivity index (χ1n) is 17.5. The zero-order chi connectivity index (χ0) is 40.7. The fourth-order valence-electron chi connectivity index (χ4n) is 5.89. The fraction of sp³-hybridized carbons (Fsp3) is 0.444. The summed E-state index contributed by atoms with van der Waals surface area (Å²) in [7, 11) is 0. The largest absolute Gasteiger partial charge is 0.447 e. The molecule has 4 aromatic rings. The molecule has 20 heteroatoms. The van der Waals surface area contributed by atoms with Crippen molar-refractivity contribution in [1.82, 2.24) is 34.8 Å². The molecule has 3 N–H and O–H groups in total. The van der Waals surface area contributed by atoms with Crippen molar-refractivity contribution in [3.63, 3.8) is 0 Å². The van der Waals surface area contributed by atoms with Crippen LogP contribution in [0.5, 0.6) is 0 Å². The molecule has 6 rings (SSSR count). The van der Waals surface area contributed by atoms with Crippen LogP contribution in [0.2, 0.25) is 5.02 Å².